The molecule has 12 heavy (non-hydrogen) atoms. The second-order valence-electron chi connectivity index (χ2n) is 2.57. The molecular formula is C9H14O3. The van der Waals surface area contributed by atoms with Crippen LogP contribution in [0.2, 0.25) is 0 Å². The van der Waals surface area contributed by atoms with E-state index < -0.39 is 6.16 Å². The van der Waals surface area contributed by atoms with Crippen LogP contribution in [0, 0.1) is 18.3 Å². The van der Waals surface area contributed by atoms with Crippen LogP contribution in [-0.2, 0) is 9.47 Å². The van der Waals surface area contributed by atoms with Crippen molar-refractivity contribution in [1.29, 1.82) is 0 Å². The second kappa shape index (κ2) is 6.53. The normalized spacial score (nSPS) is 11.4. The molecule has 0 aromatic rings. The summed E-state index contributed by atoms with van der Waals surface area (Å²) in [7, 11) is 0. The molecule has 0 aliphatic rings. The van der Waals surface area contributed by atoms with Gasteiger partial charge in [0.05, 0.1) is 6.61 Å². The van der Waals surface area contributed by atoms with Crippen molar-refractivity contribution < 1.29 is 14.3 Å². The van der Waals surface area contributed by atoms with Crippen molar-refractivity contribution in [3.8, 4) is 12.3 Å². The van der Waals surface area contributed by atoms with Crippen LogP contribution in [0.1, 0.15) is 20.3 Å². The van der Waals surface area contributed by atoms with Gasteiger partial charge in [-0.15, -0.1) is 6.42 Å². The van der Waals surface area contributed by atoms with E-state index in [9.17, 15) is 4.79 Å². The maximum atomic E-state index is 10.7. The third-order valence-electron chi connectivity index (χ3n) is 1.46. The van der Waals surface area contributed by atoms with Crippen molar-refractivity contribution in [2.75, 3.05) is 13.2 Å². The van der Waals surface area contributed by atoms with E-state index in [1.54, 1.807) is 0 Å². The highest BCUT2D eigenvalue weighted by Gasteiger charge is 2.05. The van der Waals surface area contributed by atoms with E-state index in [2.05, 4.69) is 10.7 Å². The molecule has 0 aliphatic heterocycles. The number of carbonyl (C=O) groups excluding carboxylic acids is 1. The van der Waals surface area contributed by atoms with Gasteiger partial charge in [0, 0.05) is 0 Å². The van der Waals surface area contributed by atoms with Gasteiger partial charge in [0.25, 0.3) is 0 Å². The standard InChI is InChI=1S/C9H14O3/c1-4-6-11-9(10)12-7-8(3)5-2/h1,8H,5-7H2,2-3H3/t8-/m0/s1. The molecule has 3 heteroatoms. The Morgan fingerprint density at radius 2 is 2.25 bits per heavy atom. The van der Waals surface area contributed by atoms with Crippen molar-refractivity contribution in [2.45, 2.75) is 20.3 Å². The van der Waals surface area contributed by atoms with Gasteiger partial charge in [0.1, 0.15) is 0 Å². The maximum absolute atomic E-state index is 10.7. The molecule has 0 aromatic carbocycles. The van der Waals surface area contributed by atoms with Crippen LogP contribution >= 0.6 is 0 Å². The number of rotatable bonds is 4. The van der Waals surface area contributed by atoms with Gasteiger partial charge in [0.2, 0.25) is 0 Å². The van der Waals surface area contributed by atoms with Gasteiger partial charge in [-0.25, -0.2) is 4.79 Å². The minimum absolute atomic E-state index is 0.0284. The number of hydrogen-bond acceptors (Lipinski definition) is 3. The summed E-state index contributed by atoms with van der Waals surface area (Å²) in [5.41, 5.74) is 0. The minimum Gasteiger partial charge on any atom is -0.434 e. The van der Waals surface area contributed by atoms with Gasteiger partial charge in [-0.1, -0.05) is 26.2 Å². The van der Waals surface area contributed by atoms with Gasteiger partial charge < -0.3 is 9.47 Å². The summed E-state index contributed by atoms with van der Waals surface area (Å²) in [4.78, 5) is 10.7. The third-order valence-corrected chi connectivity index (χ3v) is 1.46. The largest absolute Gasteiger partial charge is 0.509 e. The van der Waals surface area contributed by atoms with Crippen LogP contribution in [0.25, 0.3) is 0 Å². The zero-order valence-corrected chi connectivity index (χ0v) is 7.50. The van der Waals surface area contributed by atoms with Crippen molar-refractivity contribution in [3.05, 3.63) is 0 Å². The molecule has 0 spiro atoms. The minimum atomic E-state index is -0.687. The average Bonchev–Trinajstić information content (AvgIpc) is 2.10. The molecule has 0 N–H and O–H groups in total. The monoisotopic (exact) mass is 170 g/mol. The molecular weight excluding hydrogens is 156 g/mol. The molecule has 1 atom stereocenters. The molecule has 0 aliphatic carbocycles. The number of ether oxygens (including phenoxy) is 2. The molecule has 0 saturated heterocycles. The van der Waals surface area contributed by atoms with Gasteiger partial charge in [-0.2, -0.15) is 0 Å². The Balaban J connectivity index is 3.38. The molecule has 3 nitrogen and oxygen atoms in total. The fourth-order valence-electron chi connectivity index (χ4n) is 0.470. The van der Waals surface area contributed by atoms with E-state index in [1.807, 2.05) is 13.8 Å². The quantitative estimate of drug-likeness (QED) is 0.477. The molecule has 0 radical (unpaired) electrons. The highest BCUT2D eigenvalue weighted by atomic mass is 16.7. The lowest BCUT2D eigenvalue weighted by Gasteiger charge is -2.08. The second-order valence-corrected chi connectivity index (χ2v) is 2.57. The highest BCUT2D eigenvalue weighted by molar-refractivity contribution is 5.60. The lowest BCUT2D eigenvalue weighted by atomic mass is 10.1. The lowest BCUT2D eigenvalue weighted by molar-refractivity contribution is 0.0541. The Morgan fingerprint density at radius 3 is 2.75 bits per heavy atom. The Bertz CT molecular complexity index is 169. The first-order chi connectivity index (χ1) is 5.70. The Kier molecular flexibility index (Phi) is 5.90. The molecule has 0 bridgehead atoms. The summed E-state index contributed by atoms with van der Waals surface area (Å²) in [5.74, 6) is 2.54. The smallest absolute Gasteiger partial charge is 0.434 e. The molecule has 68 valence electrons. The summed E-state index contributed by atoms with van der Waals surface area (Å²) >= 11 is 0. The summed E-state index contributed by atoms with van der Waals surface area (Å²) < 4.78 is 9.23. The zero-order chi connectivity index (χ0) is 9.40. The summed E-state index contributed by atoms with van der Waals surface area (Å²) in [5, 5.41) is 0. The van der Waals surface area contributed by atoms with E-state index in [0.717, 1.165) is 6.42 Å². The number of terminal acetylenes is 1. The summed E-state index contributed by atoms with van der Waals surface area (Å²) in [6, 6.07) is 0. The van der Waals surface area contributed by atoms with Crippen LogP contribution in [0.15, 0.2) is 0 Å². The van der Waals surface area contributed by atoms with Crippen molar-refractivity contribution >= 4 is 6.16 Å². The van der Waals surface area contributed by atoms with Crippen molar-refractivity contribution in [3.63, 3.8) is 0 Å². The fraction of sp³-hybridized carbons (Fsp3) is 0.667. The molecule has 0 rings (SSSR count). The predicted octanol–water partition coefficient (Wildman–Crippen LogP) is 1.82. The van der Waals surface area contributed by atoms with Gasteiger partial charge in [-0.3, -0.25) is 0 Å². The molecule has 0 aromatic heterocycles. The first kappa shape index (κ1) is 10.8. The summed E-state index contributed by atoms with van der Waals surface area (Å²) in [6.07, 6.45) is 5.16. The Morgan fingerprint density at radius 1 is 1.58 bits per heavy atom. The van der Waals surface area contributed by atoms with Crippen LogP contribution in [-0.4, -0.2) is 19.4 Å². The molecule has 0 fully saturated rings. The fourth-order valence-corrected chi connectivity index (χ4v) is 0.470. The van der Waals surface area contributed by atoms with Gasteiger partial charge in [-0.05, 0) is 5.92 Å². The van der Waals surface area contributed by atoms with Crippen LogP contribution in [0.4, 0.5) is 4.79 Å². The van der Waals surface area contributed by atoms with Crippen molar-refractivity contribution in [2.24, 2.45) is 5.92 Å². The van der Waals surface area contributed by atoms with Gasteiger partial charge >= 0.3 is 6.16 Å². The SMILES string of the molecule is C#CCOC(=O)OC[C@@H](C)CC. The van der Waals surface area contributed by atoms with E-state index in [4.69, 9.17) is 11.2 Å². The van der Waals surface area contributed by atoms with Crippen LogP contribution in [0.5, 0.6) is 0 Å². The number of carbonyl (C=O) groups is 1. The molecule has 0 heterocycles. The first-order valence-corrected chi connectivity index (χ1v) is 3.93. The van der Waals surface area contributed by atoms with E-state index in [0.29, 0.717) is 12.5 Å². The topological polar surface area (TPSA) is 35.5 Å². The van der Waals surface area contributed by atoms with E-state index in [-0.39, 0.29) is 6.61 Å². The number of hydrogen-bond donors (Lipinski definition) is 0. The Labute approximate surface area is 73.0 Å². The maximum Gasteiger partial charge on any atom is 0.509 e. The average molecular weight is 170 g/mol. The predicted molar refractivity (Wildman–Crippen MR) is 45.6 cm³/mol. The Hall–Kier alpha value is -1.17. The highest BCUT2D eigenvalue weighted by Crippen LogP contribution is 2.01. The van der Waals surface area contributed by atoms with Crippen molar-refractivity contribution in [1.82, 2.24) is 0 Å². The molecule has 0 saturated carbocycles. The lowest BCUT2D eigenvalue weighted by Crippen LogP contribution is -2.12. The van der Waals surface area contributed by atoms with Crippen LogP contribution in [0.3, 0.4) is 0 Å². The summed E-state index contributed by atoms with van der Waals surface area (Å²) in [6.45, 7) is 4.38. The molecule has 0 amide bonds. The van der Waals surface area contributed by atoms with Gasteiger partial charge in [0.15, 0.2) is 6.61 Å². The first-order valence-electron chi connectivity index (χ1n) is 3.93. The third kappa shape index (κ3) is 5.60. The van der Waals surface area contributed by atoms with E-state index in [1.165, 1.54) is 0 Å². The van der Waals surface area contributed by atoms with Crippen LogP contribution < -0.4 is 0 Å². The van der Waals surface area contributed by atoms with E-state index >= 15 is 0 Å². The molecule has 0 unspecified atom stereocenters. The zero-order valence-electron chi connectivity index (χ0n) is 7.50.